The standard InChI is InChI=1S/C15H21N5O/c1-10(11-4-6-16-7-5-11)8-15(21)17-12-2-3-13-14(9-12)19-20-18-13/h2-3,9-11,16H,4-8H2,1H3,(H,17,21)(H,18,19,20). The Morgan fingerprint density at radius 3 is 2.90 bits per heavy atom. The summed E-state index contributed by atoms with van der Waals surface area (Å²) in [7, 11) is 0. The fraction of sp³-hybridized carbons (Fsp3) is 0.533. The van der Waals surface area contributed by atoms with Crippen LogP contribution in [0.2, 0.25) is 0 Å². The summed E-state index contributed by atoms with van der Waals surface area (Å²) in [6.07, 6.45) is 2.90. The van der Waals surface area contributed by atoms with Crippen molar-refractivity contribution in [2.75, 3.05) is 18.4 Å². The van der Waals surface area contributed by atoms with E-state index in [2.05, 4.69) is 33.0 Å². The predicted octanol–water partition coefficient (Wildman–Crippen LogP) is 1.92. The van der Waals surface area contributed by atoms with E-state index in [9.17, 15) is 4.79 Å². The minimum Gasteiger partial charge on any atom is -0.326 e. The third kappa shape index (κ3) is 3.39. The zero-order valence-electron chi connectivity index (χ0n) is 12.2. The molecule has 3 rings (SSSR count). The van der Waals surface area contributed by atoms with Gasteiger partial charge in [0.15, 0.2) is 0 Å². The predicted molar refractivity (Wildman–Crippen MR) is 81.9 cm³/mol. The number of nitrogens with zero attached hydrogens (tertiary/aromatic N) is 2. The first kappa shape index (κ1) is 14.0. The highest BCUT2D eigenvalue weighted by molar-refractivity contribution is 5.92. The van der Waals surface area contributed by atoms with Crippen LogP contribution in [0.3, 0.4) is 0 Å². The molecule has 2 heterocycles. The van der Waals surface area contributed by atoms with Crippen molar-refractivity contribution in [1.29, 1.82) is 0 Å². The van der Waals surface area contributed by atoms with Crippen LogP contribution in [-0.2, 0) is 4.79 Å². The van der Waals surface area contributed by atoms with Crippen molar-refractivity contribution < 1.29 is 4.79 Å². The molecule has 1 aliphatic heterocycles. The molecule has 6 nitrogen and oxygen atoms in total. The molecule has 1 aromatic heterocycles. The summed E-state index contributed by atoms with van der Waals surface area (Å²) in [4.78, 5) is 12.2. The second-order valence-electron chi connectivity index (χ2n) is 5.84. The molecule has 0 spiro atoms. The maximum atomic E-state index is 12.2. The second-order valence-corrected chi connectivity index (χ2v) is 5.84. The van der Waals surface area contributed by atoms with Crippen LogP contribution in [0.15, 0.2) is 18.2 Å². The van der Waals surface area contributed by atoms with Gasteiger partial charge in [0.2, 0.25) is 5.91 Å². The highest BCUT2D eigenvalue weighted by Crippen LogP contribution is 2.25. The number of aromatic amines is 1. The molecule has 1 atom stereocenters. The van der Waals surface area contributed by atoms with Crippen molar-refractivity contribution in [3.8, 4) is 0 Å². The number of hydrogen-bond donors (Lipinski definition) is 3. The Morgan fingerprint density at radius 1 is 1.33 bits per heavy atom. The minimum atomic E-state index is 0.0730. The summed E-state index contributed by atoms with van der Waals surface area (Å²) < 4.78 is 0. The van der Waals surface area contributed by atoms with Crippen LogP contribution in [0, 0.1) is 11.8 Å². The van der Waals surface area contributed by atoms with E-state index >= 15 is 0 Å². The lowest BCUT2D eigenvalue weighted by Gasteiger charge is -2.27. The largest absolute Gasteiger partial charge is 0.326 e. The Kier molecular flexibility index (Phi) is 4.15. The van der Waals surface area contributed by atoms with Crippen LogP contribution in [0.5, 0.6) is 0 Å². The lowest BCUT2D eigenvalue weighted by Crippen LogP contribution is -2.32. The zero-order chi connectivity index (χ0) is 14.7. The van der Waals surface area contributed by atoms with Gasteiger partial charge in [-0.3, -0.25) is 4.79 Å². The molecule has 1 aliphatic rings. The number of carbonyl (C=O) groups excluding carboxylic acids is 1. The summed E-state index contributed by atoms with van der Waals surface area (Å²) in [6.45, 7) is 4.31. The van der Waals surface area contributed by atoms with E-state index in [0.29, 0.717) is 18.3 Å². The van der Waals surface area contributed by atoms with E-state index in [0.717, 1.165) is 29.8 Å². The highest BCUT2D eigenvalue weighted by atomic mass is 16.1. The van der Waals surface area contributed by atoms with Crippen molar-refractivity contribution in [3.63, 3.8) is 0 Å². The molecule has 0 bridgehead atoms. The van der Waals surface area contributed by atoms with Crippen molar-refractivity contribution in [3.05, 3.63) is 18.2 Å². The maximum Gasteiger partial charge on any atom is 0.224 e. The maximum absolute atomic E-state index is 12.2. The second kappa shape index (κ2) is 6.22. The highest BCUT2D eigenvalue weighted by Gasteiger charge is 2.22. The molecule has 6 heteroatoms. The quantitative estimate of drug-likeness (QED) is 0.802. The lowest BCUT2D eigenvalue weighted by molar-refractivity contribution is -0.117. The Bertz CT molecular complexity index is 617. The monoisotopic (exact) mass is 287 g/mol. The minimum absolute atomic E-state index is 0.0730. The Labute approximate surface area is 123 Å². The molecule has 21 heavy (non-hydrogen) atoms. The normalized spacial score (nSPS) is 17.8. The first-order valence-electron chi connectivity index (χ1n) is 7.53. The Balaban J connectivity index is 1.57. The van der Waals surface area contributed by atoms with Crippen LogP contribution in [0.4, 0.5) is 5.69 Å². The smallest absolute Gasteiger partial charge is 0.224 e. The molecule has 1 saturated heterocycles. The number of aromatic nitrogens is 3. The molecule has 3 N–H and O–H groups in total. The summed E-state index contributed by atoms with van der Waals surface area (Å²) in [5.41, 5.74) is 2.34. The molecule has 0 aliphatic carbocycles. The number of amides is 1. The first-order chi connectivity index (χ1) is 10.2. The Morgan fingerprint density at radius 2 is 2.10 bits per heavy atom. The summed E-state index contributed by atoms with van der Waals surface area (Å²) >= 11 is 0. The fourth-order valence-electron chi connectivity index (χ4n) is 3.00. The van der Waals surface area contributed by atoms with E-state index in [-0.39, 0.29) is 5.91 Å². The van der Waals surface area contributed by atoms with Gasteiger partial charge in [-0.05, 0) is 56.0 Å². The van der Waals surface area contributed by atoms with Gasteiger partial charge in [-0.25, -0.2) is 0 Å². The van der Waals surface area contributed by atoms with Crippen molar-refractivity contribution in [2.45, 2.75) is 26.2 Å². The van der Waals surface area contributed by atoms with Gasteiger partial charge < -0.3 is 10.6 Å². The van der Waals surface area contributed by atoms with Gasteiger partial charge in [0, 0.05) is 12.1 Å². The zero-order valence-corrected chi connectivity index (χ0v) is 12.2. The van der Waals surface area contributed by atoms with Gasteiger partial charge in [-0.2, -0.15) is 15.4 Å². The third-order valence-electron chi connectivity index (χ3n) is 4.30. The lowest BCUT2D eigenvalue weighted by atomic mass is 9.84. The average Bonchev–Trinajstić information content (AvgIpc) is 2.95. The molecule has 1 amide bonds. The van der Waals surface area contributed by atoms with E-state index in [4.69, 9.17) is 0 Å². The molecule has 0 saturated carbocycles. The number of hydrogen-bond acceptors (Lipinski definition) is 4. The number of nitrogens with one attached hydrogen (secondary N) is 3. The SMILES string of the molecule is CC(CC(=O)Nc1ccc2n[nH]nc2c1)C1CCNCC1. The van der Waals surface area contributed by atoms with Crippen LogP contribution < -0.4 is 10.6 Å². The molecule has 1 unspecified atom stereocenters. The fourth-order valence-corrected chi connectivity index (χ4v) is 3.00. The number of rotatable bonds is 4. The first-order valence-corrected chi connectivity index (χ1v) is 7.53. The molecule has 112 valence electrons. The third-order valence-corrected chi connectivity index (χ3v) is 4.30. The van der Waals surface area contributed by atoms with E-state index < -0.39 is 0 Å². The van der Waals surface area contributed by atoms with Crippen LogP contribution >= 0.6 is 0 Å². The number of benzene rings is 1. The number of fused-ring (bicyclic) bond motifs is 1. The van der Waals surface area contributed by atoms with Gasteiger partial charge in [0.1, 0.15) is 11.0 Å². The topological polar surface area (TPSA) is 82.7 Å². The summed E-state index contributed by atoms with van der Waals surface area (Å²) in [5, 5.41) is 16.9. The Hall–Kier alpha value is -1.95. The molecule has 0 radical (unpaired) electrons. The molecular weight excluding hydrogens is 266 g/mol. The van der Waals surface area contributed by atoms with E-state index in [1.165, 1.54) is 12.8 Å². The van der Waals surface area contributed by atoms with E-state index in [1.54, 1.807) is 0 Å². The van der Waals surface area contributed by atoms with Crippen LogP contribution in [-0.4, -0.2) is 34.4 Å². The average molecular weight is 287 g/mol. The number of H-pyrrole nitrogens is 1. The molecule has 1 aromatic carbocycles. The molecule has 1 fully saturated rings. The van der Waals surface area contributed by atoms with E-state index in [1.807, 2.05) is 18.2 Å². The van der Waals surface area contributed by atoms with Gasteiger partial charge in [-0.15, -0.1) is 0 Å². The number of anilines is 1. The van der Waals surface area contributed by atoms with Gasteiger partial charge in [0.25, 0.3) is 0 Å². The summed E-state index contributed by atoms with van der Waals surface area (Å²) in [5.74, 6) is 1.14. The molecular formula is C15H21N5O. The van der Waals surface area contributed by atoms with Gasteiger partial charge in [-0.1, -0.05) is 6.92 Å². The van der Waals surface area contributed by atoms with Gasteiger partial charge >= 0.3 is 0 Å². The molecule has 2 aromatic rings. The van der Waals surface area contributed by atoms with Crippen molar-refractivity contribution in [2.24, 2.45) is 11.8 Å². The van der Waals surface area contributed by atoms with Crippen LogP contribution in [0.1, 0.15) is 26.2 Å². The summed E-state index contributed by atoms with van der Waals surface area (Å²) in [6, 6.07) is 5.55. The number of carbonyl (C=O) groups is 1. The van der Waals surface area contributed by atoms with Crippen molar-refractivity contribution in [1.82, 2.24) is 20.7 Å². The van der Waals surface area contributed by atoms with Crippen LogP contribution in [0.25, 0.3) is 11.0 Å². The van der Waals surface area contributed by atoms with Gasteiger partial charge in [0.05, 0.1) is 0 Å². The number of piperidine rings is 1. The van der Waals surface area contributed by atoms with Crippen molar-refractivity contribution >= 4 is 22.6 Å².